The summed E-state index contributed by atoms with van der Waals surface area (Å²) in [5.74, 6) is 1.14. The maximum Gasteiger partial charge on any atom is 0.280 e. The molecule has 0 bridgehead atoms. The highest BCUT2D eigenvalue weighted by molar-refractivity contribution is 5.71. The van der Waals surface area contributed by atoms with E-state index in [9.17, 15) is 9.90 Å². The van der Waals surface area contributed by atoms with Gasteiger partial charge in [0.2, 0.25) is 5.95 Å². The zero-order valence-electron chi connectivity index (χ0n) is 17.4. The molecule has 5 rings (SSSR count). The van der Waals surface area contributed by atoms with Crippen LogP contribution in [0.3, 0.4) is 0 Å². The largest absolute Gasteiger partial charge is 0.391 e. The van der Waals surface area contributed by atoms with Crippen molar-refractivity contribution in [1.82, 2.24) is 19.5 Å². The molecule has 0 radical (unpaired) electrons. The quantitative estimate of drug-likeness (QED) is 0.465. The first-order valence-electron chi connectivity index (χ1n) is 10.6. The van der Waals surface area contributed by atoms with Crippen molar-refractivity contribution in [3.05, 3.63) is 76.3 Å². The van der Waals surface area contributed by atoms with E-state index in [4.69, 9.17) is 0 Å². The van der Waals surface area contributed by atoms with Crippen LogP contribution in [-0.4, -0.2) is 36.8 Å². The molecule has 3 N–H and O–H groups in total. The molecule has 2 atom stereocenters. The fourth-order valence-corrected chi connectivity index (χ4v) is 4.21. The Morgan fingerprint density at radius 1 is 1.06 bits per heavy atom. The van der Waals surface area contributed by atoms with Crippen LogP contribution in [0.2, 0.25) is 0 Å². The predicted molar refractivity (Wildman–Crippen MR) is 121 cm³/mol. The van der Waals surface area contributed by atoms with Crippen molar-refractivity contribution in [3.63, 3.8) is 0 Å². The lowest BCUT2D eigenvalue weighted by molar-refractivity contribution is 0.171. The first-order valence-corrected chi connectivity index (χ1v) is 10.6. The summed E-state index contributed by atoms with van der Waals surface area (Å²) in [6, 6.07) is 18.5. The first-order chi connectivity index (χ1) is 15.1. The monoisotopic (exact) mass is 415 g/mol. The highest BCUT2D eigenvalue weighted by Crippen LogP contribution is 2.23. The molecular weight excluding hydrogens is 390 g/mol. The topological polar surface area (TPSA) is 95.8 Å². The number of nitrogens with zero attached hydrogens (tertiary/aromatic N) is 3. The van der Waals surface area contributed by atoms with E-state index in [1.807, 2.05) is 18.2 Å². The first kappa shape index (κ1) is 19.5. The van der Waals surface area contributed by atoms with Crippen LogP contribution in [0.1, 0.15) is 30.7 Å². The number of anilines is 1. The van der Waals surface area contributed by atoms with Crippen molar-refractivity contribution in [2.24, 2.45) is 7.05 Å². The number of aromatic amines is 1. The predicted octanol–water partition coefficient (Wildman–Crippen LogP) is 3.24. The van der Waals surface area contributed by atoms with Crippen molar-refractivity contribution < 1.29 is 5.11 Å². The number of hydrogen-bond acceptors (Lipinski definition) is 5. The highest BCUT2D eigenvalue weighted by Gasteiger charge is 2.26. The number of H-pyrrole nitrogens is 1. The van der Waals surface area contributed by atoms with E-state index in [-0.39, 0.29) is 11.6 Å². The summed E-state index contributed by atoms with van der Waals surface area (Å²) in [4.78, 5) is 25.1. The number of imidazole rings is 1. The van der Waals surface area contributed by atoms with Gasteiger partial charge in [-0.3, -0.25) is 9.36 Å². The summed E-state index contributed by atoms with van der Waals surface area (Å²) >= 11 is 0. The van der Waals surface area contributed by atoms with Gasteiger partial charge in [-0.1, -0.05) is 54.6 Å². The lowest BCUT2D eigenvalue weighted by atomic mass is 10.0. The van der Waals surface area contributed by atoms with Crippen LogP contribution >= 0.6 is 0 Å². The van der Waals surface area contributed by atoms with E-state index < -0.39 is 6.10 Å². The molecular formula is C24H25N5O2. The molecule has 1 fully saturated rings. The summed E-state index contributed by atoms with van der Waals surface area (Å²) in [6.07, 6.45) is 2.76. The van der Waals surface area contributed by atoms with Crippen molar-refractivity contribution in [3.8, 4) is 11.1 Å². The standard InChI is InChI=1S/C24H25N5O2/c1-29-23(31)21-22(28-24(29)25-18-8-5-9-19(18)30)27-20(26-21)14-15-10-12-17(13-11-15)16-6-3-2-4-7-16/h2-4,6-7,10-13,18-19,30H,5,8-9,14H2,1H3,(H,25,28)(H,26,27)/t18-,19-/m1/s1. The van der Waals surface area contributed by atoms with Gasteiger partial charge in [0.1, 0.15) is 5.82 Å². The van der Waals surface area contributed by atoms with Gasteiger partial charge in [0.05, 0.1) is 12.1 Å². The molecule has 0 amide bonds. The Morgan fingerprint density at radius 3 is 2.52 bits per heavy atom. The SMILES string of the molecule is Cn1c(N[C@@H]2CCC[C@H]2O)nc2nc(Cc3ccc(-c4ccccc4)cc3)[nH]c2c1=O. The van der Waals surface area contributed by atoms with E-state index in [1.165, 1.54) is 10.1 Å². The van der Waals surface area contributed by atoms with Gasteiger partial charge in [0.15, 0.2) is 11.2 Å². The number of benzene rings is 2. The lowest BCUT2D eigenvalue weighted by Crippen LogP contribution is -2.32. The van der Waals surface area contributed by atoms with E-state index in [0.717, 1.165) is 30.4 Å². The molecule has 31 heavy (non-hydrogen) atoms. The molecule has 7 heteroatoms. The average Bonchev–Trinajstić information content (AvgIpc) is 3.39. The van der Waals surface area contributed by atoms with E-state index >= 15 is 0 Å². The second-order valence-corrected chi connectivity index (χ2v) is 8.17. The number of aliphatic hydroxyl groups is 1. The van der Waals surface area contributed by atoms with Crippen LogP contribution in [0.5, 0.6) is 0 Å². The highest BCUT2D eigenvalue weighted by atomic mass is 16.3. The number of nitrogens with one attached hydrogen (secondary N) is 2. The van der Waals surface area contributed by atoms with Gasteiger partial charge in [-0.05, 0) is 36.0 Å². The van der Waals surface area contributed by atoms with Gasteiger partial charge < -0.3 is 15.4 Å². The number of hydrogen-bond donors (Lipinski definition) is 3. The number of fused-ring (bicyclic) bond motifs is 1. The molecule has 1 aliphatic rings. The minimum atomic E-state index is -0.416. The fraction of sp³-hybridized carbons (Fsp3) is 0.292. The van der Waals surface area contributed by atoms with Crippen molar-refractivity contribution in [1.29, 1.82) is 0 Å². The van der Waals surface area contributed by atoms with Crippen molar-refractivity contribution in [2.75, 3.05) is 5.32 Å². The maximum absolute atomic E-state index is 12.8. The van der Waals surface area contributed by atoms with E-state index in [1.54, 1.807) is 7.05 Å². The molecule has 4 aromatic rings. The van der Waals surface area contributed by atoms with Gasteiger partial charge >= 0.3 is 0 Å². The Morgan fingerprint density at radius 2 is 1.81 bits per heavy atom. The summed E-state index contributed by atoms with van der Waals surface area (Å²) in [5, 5.41) is 13.3. The third-order valence-corrected chi connectivity index (χ3v) is 6.01. The van der Waals surface area contributed by atoms with Crippen molar-refractivity contribution >= 4 is 17.1 Å². The zero-order valence-corrected chi connectivity index (χ0v) is 17.4. The summed E-state index contributed by atoms with van der Waals surface area (Å²) < 4.78 is 1.48. The Kier molecular flexibility index (Phi) is 5.03. The Bertz CT molecular complexity index is 1260. The fourth-order valence-electron chi connectivity index (χ4n) is 4.21. The van der Waals surface area contributed by atoms with Gasteiger partial charge in [-0.15, -0.1) is 0 Å². The van der Waals surface area contributed by atoms with Gasteiger partial charge in [0, 0.05) is 13.5 Å². The molecule has 0 aliphatic heterocycles. The van der Waals surface area contributed by atoms with Gasteiger partial charge in [-0.2, -0.15) is 4.98 Å². The molecule has 1 saturated carbocycles. The molecule has 2 aromatic heterocycles. The van der Waals surface area contributed by atoms with Crippen LogP contribution in [0.25, 0.3) is 22.3 Å². The zero-order chi connectivity index (χ0) is 21.4. The third-order valence-electron chi connectivity index (χ3n) is 6.01. The summed E-state index contributed by atoms with van der Waals surface area (Å²) in [6.45, 7) is 0. The van der Waals surface area contributed by atoms with Gasteiger partial charge in [-0.25, -0.2) is 4.98 Å². The summed E-state index contributed by atoms with van der Waals surface area (Å²) in [7, 11) is 1.68. The summed E-state index contributed by atoms with van der Waals surface area (Å²) in [5.41, 5.74) is 4.05. The molecule has 0 spiro atoms. The molecule has 0 saturated heterocycles. The molecule has 1 aliphatic carbocycles. The van der Waals surface area contributed by atoms with E-state index in [2.05, 4.69) is 56.7 Å². The third kappa shape index (κ3) is 3.84. The normalized spacial score (nSPS) is 18.5. The number of aliphatic hydroxyl groups excluding tert-OH is 1. The van der Waals surface area contributed by atoms with Crippen LogP contribution in [0.4, 0.5) is 5.95 Å². The minimum absolute atomic E-state index is 0.0860. The minimum Gasteiger partial charge on any atom is -0.391 e. The molecule has 7 nitrogen and oxygen atoms in total. The Balaban J connectivity index is 1.39. The Labute approximate surface area is 179 Å². The van der Waals surface area contributed by atoms with Crippen LogP contribution in [0, 0.1) is 0 Å². The van der Waals surface area contributed by atoms with Crippen LogP contribution in [0.15, 0.2) is 59.4 Å². The molecule has 2 heterocycles. The molecule has 158 valence electrons. The van der Waals surface area contributed by atoms with Crippen molar-refractivity contribution in [2.45, 2.75) is 37.8 Å². The van der Waals surface area contributed by atoms with E-state index in [0.29, 0.717) is 29.4 Å². The average molecular weight is 415 g/mol. The Hall–Kier alpha value is -3.45. The number of aromatic nitrogens is 4. The van der Waals surface area contributed by atoms with Gasteiger partial charge in [0.25, 0.3) is 5.56 Å². The second kappa shape index (κ2) is 8.00. The maximum atomic E-state index is 12.8. The smallest absolute Gasteiger partial charge is 0.280 e. The molecule has 2 aromatic carbocycles. The molecule has 0 unspecified atom stereocenters. The lowest BCUT2D eigenvalue weighted by Gasteiger charge is -2.18. The second-order valence-electron chi connectivity index (χ2n) is 8.17. The number of rotatable bonds is 5. The van der Waals surface area contributed by atoms with Crippen LogP contribution < -0.4 is 10.9 Å². The van der Waals surface area contributed by atoms with Crippen LogP contribution in [-0.2, 0) is 13.5 Å².